The van der Waals surface area contributed by atoms with Gasteiger partial charge in [0.1, 0.15) is 5.82 Å². The predicted octanol–water partition coefficient (Wildman–Crippen LogP) is 3.48. The minimum absolute atomic E-state index is 0.0445. The largest absolute Gasteiger partial charge is 0.417 e. The van der Waals surface area contributed by atoms with Crippen LogP contribution in [-0.4, -0.2) is 30.0 Å². The van der Waals surface area contributed by atoms with Crippen LogP contribution in [0.25, 0.3) is 0 Å². The molecule has 0 aromatic carbocycles. The highest BCUT2D eigenvalue weighted by molar-refractivity contribution is 5.79. The molecular formula is C17H24F3N3O. The van der Waals surface area contributed by atoms with Gasteiger partial charge in [-0.1, -0.05) is 13.8 Å². The van der Waals surface area contributed by atoms with Crippen LogP contribution in [-0.2, 0) is 11.0 Å². The van der Waals surface area contributed by atoms with E-state index >= 15 is 0 Å². The zero-order chi connectivity index (χ0) is 17.9. The van der Waals surface area contributed by atoms with Crippen LogP contribution in [0.2, 0.25) is 0 Å². The summed E-state index contributed by atoms with van der Waals surface area (Å²) in [6.07, 6.45) is -2.15. The van der Waals surface area contributed by atoms with Gasteiger partial charge in [0.2, 0.25) is 5.91 Å². The molecule has 1 aromatic rings. The quantitative estimate of drug-likeness (QED) is 0.910. The maximum absolute atomic E-state index is 12.6. The van der Waals surface area contributed by atoms with Gasteiger partial charge in [-0.05, 0) is 37.8 Å². The van der Waals surface area contributed by atoms with Gasteiger partial charge in [0.15, 0.2) is 0 Å². The number of pyridine rings is 1. The first-order valence-corrected chi connectivity index (χ1v) is 8.27. The number of rotatable bonds is 4. The summed E-state index contributed by atoms with van der Waals surface area (Å²) in [5.74, 6) is 0.927. The number of halogens is 3. The molecule has 7 heteroatoms. The number of anilines is 1. The number of hydrogen-bond acceptors (Lipinski definition) is 3. The van der Waals surface area contributed by atoms with Crippen LogP contribution >= 0.6 is 0 Å². The summed E-state index contributed by atoms with van der Waals surface area (Å²) in [5.41, 5.74) is -0.747. The second-order valence-corrected chi connectivity index (χ2v) is 6.71. The van der Waals surface area contributed by atoms with Gasteiger partial charge in [-0.2, -0.15) is 13.2 Å². The van der Waals surface area contributed by atoms with Crippen molar-refractivity contribution in [3.05, 3.63) is 23.9 Å². The third kappa shape index (κ3) is 4.61. The molecule has 1 aliphatic rings. The number of nitrogens with zero attached hydrogens (tertiary/aromatic N) is 2. The molecule has 2 heterocycles. The fourth-order valence-electron chi connectivity index (χ4n) is 2.62. The van der Waals surface area contributed by atoms with Crippen molar-refractivity contribution in [2.24, 2.45) is 11.8 Å². The summed E-state index contributed by atoms with van der Waals surface area (Å²) in [5, 5.41) is 3.03. The highest BCUT2D eigenvalue weighted by atomic mass is 19.4. The molecule has 1 fully saturated rings. The molecule has 0 radical (unpaired) electrons. The van der Waals surface area contributed by atoms with Crippen molar-refractivity contribution in [2.75, 3.05) is 18.0 Å². The van der Waals surface area contributed by atoms with Crippen LogP contribution in [0.1, 0.15) is 39.2 Å². The second-order valence-electron chi connectivity index (χ2n) is 6.71. The van der Waals surface area contributed by atoms with Crippen molar-refractivity contribution in [1.82, 2.24) is 10.3 Å². The van der Waals surface area contributed by atoms with E-state index in [1.807, 2.05) is 11.8 Å². The molecule has 1 aliphatic heterocycles. The van der Waals surface area contributed by atoms with E-state index in [-0.39, 0.29) is 17.9 Å². The van der Waals surface area contributed by atoms with Gasteiger partial charge in [0.05, 0.1) is 5.56 Å². The maximum atomic E-state index is 12.6. The van der Waals surface area contributed by atoms with Crippen LogP contribution in [0, 0.1) is 11.8 Å². The van der Waals surface area contributed by atoms with Crippen molar-refractivity contribution in [1.29, 1.82) is 0 Å². The lowest BCUT2D eigenvalue weighted by molar-refractivity contribution is -0.137. The number of nitrogens with one attached hydrogen (secondary N) is 1. The second kappa shape index (κ2) is 7.40. The van der Waals surface area contributed by atoms with Gasteiger partial charge in [-0.15, -0.1) is 0 Å². The summed E-state index contributed by atoms with van der Waals surface area (Å²) in [6.45, 7) is 7.34. The van der Waals surface area contributed by atoms with E-state index in [0.29, 0.717) is 37.7 Å². The highest BCUT2D eigenvalue weighted by Crippen LogP contribution is 2.30. The van der Waals surface area contributed by atoms with Gasteiger partial charge in [-0.25, -0.2) is 4.98 Å². The van der Waals surface area contributed by atoms with Gasteiger partial charge in [0.25, 0.3) is 0 Å². The molecule has 1 N–H and O–H groups in total. The molecule has 2 rings (SSSR count). The molecule has 1 atom stereocenters. The maximum Gasteiger partial charge on any atom is 0.417 e. The van der Waals surface area contributed by atoms with E-state index < -0.39 is 11.7 Å². The summed E-state index contributed by atoms with van der Waals surface area (Å²) in [6, 6.07) is 2.57. The van der Waals surface area contributed by atoms with E-state index in [9.17, 15) is 18.0 Å². The van der Waals surface area contributed by atoms with Crippen molar-refractivity contribution >= 4 is 11.7 Å². The van der Waals surface area contributed by atoms with Crippen LogP contribution < -0.4 is 10.2 Å². The molecule has 24 heavy (non-hydrogen) atoms. The Hall–Kier alpha value is -1.79. The number of aromatic nitrogens is 1. The van der Waals surface area contributed by atoms with Gasteiger partial charge in [-0.3, -0.25) is 4.79 Å². The van der Waals surface area contributed by atoms with Crippen molar-refractivity contribution in [2.45, 2.75) is 45.8 Å². The van der Waals surface area contributed by atoms with Crippen molar-refractivity contribution < 1.29 is 18.0 Å². The SMILES string of the molecule is CC(C)C(C)NC(=O)C1CCN(c2ccc(C(F)(F)F)cn2)CC1. The third-order valence-electron chi connectivity index (χ3n) is 4.63. The Labute approximate surface area is 140 Å². The minimum atomic E-state index is -4.37. The zero-order valence-electron chi connectivity index (χ0n) is 14.2. The van der Waals surface area contributed by atoms with E-state index in [4.69, 9.17) is 0 Å². The molecule has 4 nitrogen and oxygen atoms in total. The number of alkyl halides is 3. The number of amides is 1. The molecule has 1 aromatic heterocycles. The first-order chi connectivity index (χ1) is 11.2. The monoisotopic (exact) mass is 343 g/mol. The molecule has 1 unspecified atom stereocenters. The van der Waals surface area contributed by atoms with Crippen LogP contribution in [0.4, 0.5) is 19.0 Å². The van der Waals surface area contributed by atoms with Gasteiger partial charge >= 0.3 is 6.18 Å². The Kier molecular flexibility index (Phi) is 5.72. The Morgan fingerprint density at radius 1 is 1.25 bits per heavy atom. The smallest absolute Gasteiger partial charge is 0.357 e. The molecular weight excluding hydrogens is 319 g/mol. The normalized spacial score (nSPS) is 17.9. The predicted molar refractivity (Wildman–Crippen MR) is 86.6 cm³/mol. The van der Waals surface area contributed by atoms with Crippen molar-refractivity contribution in [3.8, 4) is 0 Å². The highest BCUT2D eigenvalue weighted by Gasteiger charge is 2.31. The van der Waals surface area contributed by atoms with E-state index in [2.05, 4.69) is 24.1 Å². The fourth-order valence-corrected chi connectivity index (χ4v) is 2.62. The number of piperidine rings is 1. The summed E-state index contributed by atoms with van der Waals surface area (Å²) >= 11 is 0. The molecule has 0 bridgehead atoms. The van der Waals surface area contributed by atoms with Gasteiger partial charge < -0.3 is 10.2 Å². The molecule has 1 amide bonds. The molecule has 0 spiro atoms. The Bertz CT molecular complexity index is 549. The van der Waals surface area contributed by atoms with E-state index in [1.165, 1.54) is 6.07 Å². The first kappa shape index (κ1) is 18.5. The molecule has 1 saturated heterocycles. The van der Waals surface area contributed by atoms with Gasteiger partial charge in [0, 0.05) is 31.2 Å². The molecule has 0 aliphatic carbocycles. The molecule has 0 saturated carbocycles. The fraction of sp³-hybridized carbons (Fsp3) is 0.647. The summed E-state index contributed by atoms with van der Waals surface area (Å²) in [7, 11) is 0. The lowest BCUT2D eigenvalue weighted by atomic mass is 9.95. The average Bonchev–Trinajstić information content (AvgIpc) is 2.54. The van der Waals surface area contributed by atoms with Crippen molar-refractivity contribution in [3.63, 3.8) is 0 Å². The summed E-state index contributed by atoms with van der Waals surface area (Å²) in [4.78, 5) is 18.1. The zero-order valence-corrected chi connectivity index (χ0v) is 14.2. The van der Waals surface area contributed by atoms with Crippen LogP contribution in [0.15, 0.2) is 18.3 Å². The number of carbonyl (C=O) groups is 1. The standard InChI is InChI=1S/C17H24F3N3O/c1-11(2)12(3)22-16(24)13-6-8-23(9-7-13)15-5-4-14(10-21-15)17(18,19)20/h4-5,10-13H,6-9H2,1-3H3,(H,22,24). The van der Waals surface area contributed by atoms with Crippen LogP contribution in [0.3, 0.4) is 0 Å². The third-order valence-corrected chi connectivity index (χ3v) is 4.63. The first-order valence-electron chi connectivity index (χ1n) is 8.27. The van der Waals surface area contributed by atoms with E-state index in [1.54, 1.807) is 0 Å². The average molecular weight is 343 g/mol. The minimum Gasteiger partial charge on any atom is -0.357 e. The van der Waals surface area contributed by atoms with E-state index in [0.717, 1.165) is 12.3 Å². The van der Waals surface area contributed by atoms with Crippen LogP contribution in [0.5, 0.6) is 0 Å². The number of hydrogen-bond donors (Lipinski definition) is 1. The summed E-state index contributed by atoms with van der Waals surface area (Å²) < 4.78 is 37.7. The Balaban J connectivity index is 1.89. The Morgan fingerprint density at radius 2 is 1.88 bits per heavy atom. The lowest BCUT2D eigenvalue weighted by Gasteiger charge is -2.33. The Morgan fingerprint density at radius 3 is 2.33 bits per heavy atom. The lowest BCUT2D eigenvalue weighted by Crippen LogP contribution is -2.44. The molecule has 134 valence electrons. The topological polar surface area (TPSA) is 45.2 Å². The number of carbonyl (C=O) groups excluding carboxylic acids is 1.